The van der Waals surface area contributed by atoms with Gasteiger partial charge >= 0.3 is 6.18 Å². The molecule has 102 valence electrons. The summed E-state index contributed by atoms with van der Waals surface area (Å²) >= 11 is 1.53. The van der Waals surface area contributed by atoms with E-state index >= 15 is 0 Å². The van der Waals surface area contributed by atoms with Gasteiger partial charge in [-0.25, -0.2) is 4.98 Å². The Morgan fingerprint density at radius 3 is 2.74 bits per heavy atom. The molecule has 0 aliphatic rings. The van der Waals surface area contributed by atoms with Crippen LogP contribution in [0.1, 0.15) is 24.2 Å². The summed E-state index contributed by atoms with van der Waals surface area (Å²) in [6.07, 6.45) is -3.46. The third-order valence-corrected chi connectivity index (χ3v) is 3.34. The molecule has 0 aliphatic heterocycles. The van der Waals surface area contributed by atoms with Crippen molar-refractivity contribution in [1.29, 1.82) is 0 Å². The highest BCUT2D eigenvalue weighted by atomic mass is 32.1. The van der Waals surface area contributed by atoms with Crippen molar-refractivity contribution in [3.8, 4) is 0 Å². The van der Waals surface area contributed by atoms with Gasteiger partial charge in [0.25, 0.3) is 0 Å². The lowest BCUT2D eigenvalue weighted by atomic mass is 10.1. The van der Waals surface area contributed by atoms with Gasteiger partial charge in [0.05, 0.1) is 17.6 Å². The van der Waals surface area contributed by atoms with Crippen molar-refractivity contribution in [2.24, 2.45) is 0 Å². The minimum atomic E-state index is -4.48. The molecule has 7 heteroatoms. The highest BCUT2D eigenvalue weighted by Crippen LogP contribution is 2.32. The van der Waals surface area contributed by atoms with Crippen LogP contribution in [0.4, 0.5) is 24.5 Å². The van der Waals surface area contributed by atoms with Gasteiger partial charge < -0.3 is 11.1 Å². The number of anilines is 2. The number of halogens is 3. The van der Waals surface area contributed by atoms with E-state index in [2.05, 4.69) is 10.3 Å². The third-order valence-electron chi connectivity index (χ3n) is 2.64. The van der Waals surface area contributed by atoms with E-state index in [-0.39, 0.29) is 17.4 Å². The van der Waals surface area contributed by atoms with Crippen LogP contribution in [0.5, 0.6) is 0 Å². The number of aromatic nitrogens is 1. The number of nitrogens with two attached hydrogens (primary N) is 1. The number of nitrogens with one attached hydrogen (secondary N) is 1. The lowest BCUT2D eigenvalue weighted by Gasteiger charge is -2.17. The quantitative estimate of drug-likeness (QED) is 0.899. The monoisotopic (exact) mass is 287 g/mol. The second kappa shape index (κ2) is 5.08. The van der Waals surface area contributed by atoms with Gasteiger partial charge in [-0.1, -0.05) is 0 Å². The summed E-state index contributed by atoms with van der Waals surface area (Å²) in [5, 5.41) is 6.80. The summed E-state index contributed by atoms with van der Waals surface area (Å²) in [7, 11) is 0. The zero-order valence-corrected chi connectivity index (χ0v) is 10.8. The summed E-state index contributed by atoms with van der Waals surface area (Å²) in [5.41, 5.74) is 6.11. The number of alkyl halides is 3. The van der Waals surface area contributed by atoms with Gasteiger partial charge in [0.2, 0.25) is 0 Å². The van der Waals surface area contributed by atoms with E-state index in [1.54, 1.807) is 0 Å². The first-order chi connectivity index (χ1) is 8.88. The van der Waals surface area contributed by atoms with Crippen LogP contribution < -0.4 is 11.1 Å². The molecule has 0 aliphatic carbocycles. The molecule has 0 radical (unpaired) electrons. The van der Waals surface area contributed by atoms with Crippen molar-refractivity contribution in [3.05, 3.63) is 40.3 Å². The van der Waals surface area contributed by atoms with Crippen LogP contribution in [-0.2, 0) is 6.18 Å². The normalized spacial score (nSPS) is 13.3. The minimum Gasteiger partial charge on any atom is -0.396 e. The number of nitrogen functional groups attached to an aromatic ring is 1. The van der Waals surface area contributed by atoms with Crippen molar-refractivity contribution in [3.63, 3.8) is 0 Å². The van der Waals surface area contributed by atoms with E-state index in [1.807, 2.05) is 23.8 Å². The molecule has 0 saturated heterocycles. The molecule has 2 aromatic rings. The SMILES string of the molecule is CC(Nc1cc(C(F)(F)F)ncc1N)c1ccsc1. The van der Waals surface area contributed by atoms with E-state index in [0.29, 0.717) is 0 Å². The molecule has 2 heterocycles. The smallest absolute Gasteiger partial charge is 0.396 e. The van der Waals surface area contributed by atoms with E-state index in [9.17, 15) is 13.2 Å². The minimum absolute atomic E-state index is 0.128. The average molecular weight is 287 g/mol. The number of hydrogen-bond acceptors (Lipinski definition) is 4. The van der Waals surface area contributed by atoms with Crippen LogP contribution in [0, 0.1) is 0 Å². The Labute approximate surface area is 112 Å². The summed E-state index contributed by atoms with van der Waals surface area (Å²) in [6.45, 7) is 1.86. The fraction of sp³-hybridized carbons (Fsp3) is 0.250. The molecule has 2 aromatic heterocycles. The number of hydrogen-bond donors (Lipinski definition) is 2. The lowest BCUT2D eigenvalue weighted by Crippen LogP contribution is -2.12. The first kappa shape index (κ1) is 13.7. The van der Waals surface area contributed by atoms with Crippen LogP contribution in [0.15, 0.2) is 29.1 Å². The zero-order chi connectivity index (χ0) is 14.0. The maximum Gasteiger partial charge on any atom is 0.433 e. The molecule has 0 amide bonds. The van der Waals surface area contributed by atoms with Crippen LogP contribution in [-0.4, -0.2) is 4.98 Å². The van der Waals surface area contributed by atoms with Gasteiger partial charge in [0.15, 0.2) is 0 Å². The van der Waals surface area contributed by atoms with Crippen LogP contribution in [0.3, 0.4) is 0 Å². The predicted octanol–water partition coefficient (Wildman–Crippen LogP) is 3.92. The first-order valence-electron chi connectivity index (χ1n) is 5.49. The number of rotatable bonds is 3. The van der Waals surface area contributed by atoms with Gasteiger partial charge in [-0.05, 0) is 35.4 Å². The summed E-state index contributed by atoms with van der Waals surface area (Å²) in [6, 6.07) is 2.71. The Kier molecular flexibility index (Phi) is 3.66. The Morgan fingerprint density at radius 1 is 1.42 bits per heavy atom. The molecule has 0 bridgehead atoms. The van der Waals surface area contributed by atoms with Crippen molar-refractivity contribution in [2.75, 3.05) is 11.1 Å². The Balaban J connectivity index is 2.25. The molecule has 1 unspecified atom stereocenters. The Hall–Kier alpha value is -1.76. The first-order valence-corrected chi connectivity index (χ1v) is 6.43. The van der Waals surface area contributed by atoms with Crippen molar-refractivity contribution in [1.82, 2.24) is 4.98 Å². The van der Waals surface area contributed by atoms with Crippen LogP contribution in [0.2, 0.25) is 0 Å². The topological polar surface area (TPSA) is 50.9 Å². The van der Waals surface area contributed by atoms with Crippen LogP contribution >= 0.6 is 11.3 Å². The molecule has 0 fully saturated rings. The predicted molar refractivity (Wildman–Crippen MR) is 70.0 cm³/mol. The summed E-state index contributed by atoms with van der Waals surface area (Å²) < 4.78 is 37.7. The van der Waals surface area contributed by atoms with E-state index in [1.165, 1.54) is 11.3 Å². The van der Waals surface area contributed by atoms with E-state index in [4.69, 9.17) is 5.73 Å². The van der Waals surface area contributed by atoms with Gasteiger partial charge in [-0.2, -0.15) is 24.5 Å². The van der Waals surface area contributed by atoms with Crippen molar-refractivity contribution in [2.45, 2.75) is 19.1 Å². The molecule has 0 aromatic carbocycles. The van der Waals surface area contributed by atoms with Crippen molar-refractivity contribution >= 4 is 22.7 Å². The highest BCUT2D eigenvalue weighted by Gasteiger charge is 2.33. The van der Waals surface area contributed by atoms with Crippen molar-refractivity contribution < 1.29 is 13.2 Å². The molecule has 3 N–H and O–H groups in total. The molecule has 1 atom stereocenters. The van der Waals surface area contributed by atoms with Gasteiger partial charge in [-0.3, -0.25) is 0 Å². The second-order valence-corrected chi connectivity index (χ2v) is 4.86. The number of pyridine rings is 1. The fourth-order valence-corrected chi connectivity index (χ4v) is 2.34. The van der Waals surface area contributed by atoms with E-state index < -0.39 is 11.9 Å². The molecular weight excluding hydrogens is 275 g/mol. The Bertz CT molecular complexity index is 552. The number of thiophene rings is 1. The standard InChI is InChI=1S/C12H12F3N3S/c1-7(8-2-3-19-6-8)18-10-4-11(12(13,14)15)17-5-9(10)16/h2-7H,16H2,1H3,(H,17,18). The molecular formula is C12H12F3N3S. The zero-order valence-electron chi connectivity index (χ0n) is 10.0. The molecule has 0 spiro atoms. The lowest BCUT2D eigenvalue weighted by molar-refractivity contribution is -0.141. The average Bonchev–Trinajstić information content (AvgIpc) is 2.84. The van der Waals surface area contributed by atoms with Gasteiger partial charge in [-0.15, -0.1) is 0 Å². The summed E-state index contributed by atoms with van der Waals surface area (Å²) in [4.78, 5) is 3.29. The largest absolute Gasteiger partial charge is 0.433 e. The Morgan fingerprint density at radius 2 is 2.16 bits per heavy atom. The third kappa shape index (κ3) is 3.17. The number of nitrogens with zero attached hydrogens (tertiary/aromatic N) is 1. The van der Waals surface area contributed by atoms with Gasteiger partial charge in [0, 0.05) is 6.04 Å². The highest BCUT2D eigenvalue weighted by molar-refractivity contribution is 7.07. The molecule has 19 heavy (non-hydrogen) atoms. The maximum absolute atomic E-state index is 12.6. The molecule has 2 rings (SSSR count). The second-order valence-electron chi connectivity index (χ2n) is 4.08. The van der Waals surface area contributed by atoms with Crippen LogP contribution in [0.25, 0.3) is 0 Å². The fourth-order valence-electron chi connectivity index (χ4n) is 1.58. The summed E-state index contributed by atoms with van der Waals surface area (Å²) in [5.74, 6) is 0. The van der Waals surface area contributed by atoms with E-state index in [0.717, 1.165) is 17.8 Å². The molecule has 3 nitrogen and oxygen atoms in total. The maximum atomic E-state index is 12.6. The van der Waals surface area contributed by atoms with Gasteiger partial charge in [0.1, 0.15) is 5.69 Å². The molecule has 0 saturated carbocycles.